The second kappa shape index (κ2) is 4.18. The summed E-state index contributed by atoms with van der Waals surface area (Å²) in [6, 6.07) is 3.42. The largest absolute Gasteiger partial charge is 0.387 e. The fourth-order valence-electron chi connectivity index (χ4n) is 1.02. The first-order valence-corrected chi connectivity index (χ1v) is 4.09. The maximum atomic E-state index is 9.62. The van der Waals surface area contributed by atoms with E-state index in [0.29, 0.717) is 0 Å². The van der Waals surface area contributed by atoms with Crippen molar-refractivity contribution < 1.29 is 5.11 Å². The van der Waals surface area contributed by atoms with Crippen LogP contribution in [0, 0.1) is 0 Å². The number of aromatic nitrogens is 1. The molecule has 0 saturated heterocycles. The van der Waals surface area contributed by atoms with Crippen molar-refractivity contribution in [2.75, 3.05) is 0 Å². The average Bonchev–Trinajstić information content (AvgIpc) is 2.17. The summed E-state index contributed by atoms with van der Waals surface area (Å²) in [4.78, 5) is 3.91. The Balaban J connectivity index is 2.71. The standard InChI is InChI=1S/C9H14N2O/c1-2-8(10)9(12)7-4-3-5-11-6-7/h3-6,8-9,12H,2,10H2,1H3/t8-,9+/m0/s1. The average molecular weight is 166 g/mol. The maximum absolute atomic E-state index is 9.62. The lowest BCUT2D eigenvalue weighted by molar-refractivity contribution is 0.144. The molecule has 0 aromatic carbocycles. The Bertz CT molecular complexity index is 225. The molecule has 1 aromatic rings. The summed E-state index contributed by atoms with van der Waals surface area (Å²) in [6.07, 6.45) is 3.48. The van der Waals surface area contributed by atoms with Crippen LogP contribution in [0.2, 0.25) is 0 Å². The van der Waals surface area contributed by atoms with E-state index in [2.05, 4.69) is 4.98 Å². The zero-order valence-electron chi connectivity index (χ0n) is 7.14. The van der Waals surface area contributed by atoms with E-state index in [4.69, 9.17) is 5.73 Å². The number of hydrogen-bond acceptors (Lipinski definition) is 3. The molecule has 2 atom stereocenters. The SMILES string of the molecule is CC[C@H](N)[C@H](O)c1cccnc1. The van der Waals surface area contributed by atoms with Crippen molar-refractivity contribution in [3.05, 3.63) is 30.1 Å². The molecule has 0 bridgehead atoms. The lowest BCUT2D eigenvalue weighted by atomic mass is 10.0. The van der Waals surface area contributed by atoms with Gasteiger partial charge >= 0.3 is 0 Å². The minimum atomic E-state index is -0.594. The van der Waals surface area contributed by atoms with Crippen LogP contribution < -0.4 is 5.73 Å². The topological polar surface area (TPSA) is 59.1 Å². The molecule has 0 aliphatic carbocycles. The summed E-state index contributed by atoms with van der Waals surface area (Å²) in [5.41, 5.74) is 6.45. The zero-order chi connectivity index (χ0) is 8.97. The summed E-state index contributed by atoms with van der Waals surface area (Å²) in [7, 11) is 0. The van der Waals surface area contributed by atoms with Gasteiger partial charge in [-0.25, -0.2) is 0 Å². The Labute approximate surface area is 72.2 Å². The Morgan fingerprint density at radius 1 is 1.67 bits per heavy atom. The van der Waals surface area contributed by atoms with Crippen LogP contribution in [0.4, 0.5) is 0 Å². The highest BCUT2D eigenvalue weighted by atomic mass is 16.3. The number of pyridine rings is 1. The molecule has 3 heteroatoms. The number of rotatable bonds is 3. The Morgan fingerprint density at radius 3 is 2.92 bits per heavy atom. The molecule has 0 aliphatic rings. The number of nitrogens with zero attached hydrogens (tertiary/aromatic N) is 1. The van der Waals surface area contributed by atoms with Crippen LogP contribution in [-0.4, -0.2) is 16.1 Å². The van der Waals surface area contributed by atoms with Gasteiger partial charge in [0, 0.05) is 24.0 Å². The van der Waals surface area contributed by atoms with Crippen LogP contribution in [0.5, 0.6) is 0 Å². The van der Waals surface area contributed by atoms with E-state index in [9.17, 15) is 5.11 Å². The molecule has 0 radical (unpaired) electrons. The summed E-state index contributed by atoms with van der Waals surface area (Å²) >= 11 is 0. The fourth-order valence-corrected chi connectivity index (χ4v) is 1.02. The molecular formula is C9H14N2O. The predicted octanol–water partition coefficient (Wildman–Crippen LogP) is 0.852. The zero-order valence-corrected chi connectivity index (χ0v) is 7.14. The molecule has 3 nitrogen and oxygen atoms in total. The fraction of sp³-hybridized carbons (Fsp3) is 0.444. The normalized spacial score (nSPS) is 15.6. The molecular weight excluding hydrogens is 152 g/mol. The van der Waals surface area contributed by atoms with Gasteiger partial charge in [0.05, 0.1) is 6.10 Å². The van der Waals surface area contributed by atoms with Crippen LogP contribution in [0.25, 0.3) is 0 Å². The van der Waals surface area contributed by atoms with Crippen molar-refractivity contribution in [3.63, 3.8) is 0 Å². The Morgan fingerprint density at radius 2 is 2.42 bits per heavy atom. The first kappa shape index (κ1) is 9.16. The highest BCUT2D eigenvalue weighted by molar-refractivity contribution is 5.13. The smallest absolute Gasteiger partial charge is 0.0955 e. The second-order valence-electron chi connectivity index (χ2n) is 2.80. The van der Waals surface area contributed by atoms with Gasteiger partial charge in [0.2, 0.25) is 0 Å². The van der Waals surface area contributed by atoms with Crippen LogP contribution in [0.15, 0.2) is 24.5 Å². The third kappa shape index (κ3) is 2.03. The predicted molar refractivity (Wildman–Crippen MR) is 47.5 cm³/mol. The van der Waals surface area contributed by atoms with Gasteiger partial charge in [-0.2, -0.15) is 0 Å². The highest BCUT2D eigenvalue weighted by Gasteiger charge is 2.14. The van der Waals surface area contributed by atoms with Gasteiger partial charge in [-0.15, -0.1) is 0 Å². The molecule has 1 heterocycles. The molecule has 1 aromatic heterocycles. The van der Waals surface area contributed by atoms with Crippen molar-refractivity contribution in [1.29, 1.82) is 0 Å². The first-order chi connectivity index (χ1) is 5.75. The lowest BCUT2D eigenvalue weighted by Crippen LogP contribution is -2.27. The first-order valence-electron chi connectivity index (χ1n) is 4.09. The van der Waals surface area contributed by atoms with Gasteiger partial charge in [-0.3, -0.25) is 4.98 Å². The molecule has 0 amide bonds. The summed E-state index contributed by atoms with van der Waals surface area (Å²) < 4.78 is 0. The van der Waals surface area contributed by atoms with Gasteiger partial charge in [0.1, 0.15) is 0 Å². The third-order valence-electron chi connectivity index (χ3n) is 1.90. The van der Waals surface area contributed by atoms with Crippen molar-refractivity contribution >= 4 is 0 Å². The lowest BCUT2D eigenvalue weighted by Gasteiger charge is -2.16. The second-order valence-corrected chi connectivity index (χ2v) is 2.80. The maximum Gasteiger partial charge on any atom is 0.0955 e. The molecule has 0 spiro atoms. The molecule has 0 unspecified atom stereocenters. The van der Waals surface area contributed by atoms with E-state index < -0.39 is 6.10 Å². The molecule has 66 valence electrons. The van der Waals surface area contributed by atoms with E-state index >= 15 is 0 Å². The van der Waals surface area contributed by atoms with E-state index in [1.807, 2.05) is 13.0 Å². The summed E-state index contributed by atoms with van der Waals surface area (Å²) in [5, 5.41) is 9.62. The molecule has 12 heavy (non-hydrogen) atoms. The van der Waals surface area contributed by atoms with Gasteiger partial charge in [0.15, 0.2) is 0 Å². The molecule has 3 N–H and O–H groups in total. The molecule has 1 rings (SSSR count). The van der Waals surface area contributed by atoms with Crippen molar-refractivity contribution in [3.8, 4) is 0 Å². The number of hydrogen-bond donors (Lipinski definition) is 2. The van der Waals surface area contributed by atoms with Gasteiger partial charge in [0.25, 0.3) is 0 Å². The van der Waals surface area contributed by atoms with Gasteiger partial charge < -0.3 is 10.8 Å². The number of aliphatic hydroxyl groups excluding tert-OH is 1. The summed E-state index contributed by atoms with van der Waals surface area (Å²) in [5.74, 6) is 0. The summed E-state index contributed by atoms with van der Waals surface area (Å²) in [6.45, 7) is 1.95. The quantitative estimate of drug-likeness (QED) is 0.700. The van der Waals surface area contributed by atoms with Crippen LogP contribution in [0.1, 0.15) is 25.0 Å². The van der Waals surface area contributed by atoms with E-state index in [1.54, 1.807) is 18.5 Å². The van der Waals surface area contributed by atoms with E-state index in [0.717, 1.165) is 12.0 Å². The van der Waals surface area contributed by atoms with Gasteiger partial charge in [-0.1, -0.05) is 13.0 Å². The number of nitrogens with two attached hydrogens (primary N) is 1. The van der Waals surface area contributed by atoms with Gasteiger partial charge in [-0.05, 0) is 12.5 Å². The Hall–Kier alpha value is -0.930. The van der Waals surface area contributed by atoms with Crippen molar-refractivity contribution in [2.45, 2.75) is 25.5 Å². The van der Waals surface area contributed by atoms with E-state index in [-0.39, 0.29) is 6.04 Å². The molecule has 0 fully saturated rings. The third-order valence-corrected chi connectivity index (χ3v) is 1.90. The van der Waals surface area contributed by atoms with Crippen molar-refractivity contribution in [1.82, 2.24) is 4.98 Å². The van der Waals surface area contributed by atoms with Crippen LogP contribution in [-0.2, 0) is 0 Å². The van der Waals surface area contributed by atoms with Crippen LogP contribution in [0.3, 0.4) is 0 Å². The Kier molecular flexibility index (Phi) is 3.19. The monoisotopic (exact) mass is 166 g/mol. The van der Waals surface area contributed by atoms with Crippen LogP contribution >= 0.6 is 0 Å². The minimum absolute atomic E-state index is 0.200. The highest BCUT2D eigenvalue weighted by Crippen LogP contribution is 2.15. The molecule has 0 aliphatic heterocycles. The minimum Gasteiger partial charge on any atom is -0.387 e. The van der Waals surface area contributed by atoms with E-state index in [1.165, 1.54) is 0 Å². The molecule has 0 saturated carbocycles. The number of aliphatic hydroxyl groups is 1. The van der Waals surface area contributed by atoms with Crippen molar-refractivity contribution in [2.24, 2.45) is 5.73 Å².